The predicted molar refractivity (Wildman–Crippen MR) is 85.6 cm³/mol. The summed E-state index contributed by atoms with van der Waals surface area (Å²) in [5.74, 6) is 0.893. The molecule has 1 aromatic rings. The van der Waals surface area contributed by atoms with Crippen LogP contribution in [0, 0.1) is 0 Å². The summed E-state index contributed by atoms with van der Waals surface area (Å²) in [5.41, 5.74) is 3.43. The van der Waals surface area contributed by atoms with Crippen molar-refractivity contribution >= 4 is 0 Å². The Morgan fingerprint density at radius 2 is 1.81 bits per heavy atom. The molecule has 21 heavy (non-hydrogen) atoms. The van der Waals surface area contributed by atoms with Crippen molar-refractivity contribution in [3.8, 4) is 0 Å². The number of hydrogen-bond donors (Lipinski definition) is 1. The zero-order valence-corrected chi connectivity index (χ0v) is 14.0. The Balaban J connectivity index is 2.39. The molecule has 1 aromatic heterocycles. The zero-order chi connectivity index (χ0) is 15.3. The first kappa shape index (κ1) is 16.4. The summed E-state index contributed by atoms with van der Waals surface area (Å²) in [4.78, 5) is 9.77. The molecule has 2 heterocycles. The molecular formula is C17H29N3O. The van der Waals surface area contributed by atoms with Gasteiger partial charge in [0.1, 0.15) is 5.60 Å². The third kappa shape index (κ3) is 3.61. The quantitative estimate of drug-likeness (QED) is 0.875. The molecule has 0 aromatic carbocycles. The fourth-order valence-corrected chi connectivity index (χ4v) is 3.05. The smallest absolute Gasteiger partial charge is 0.160 e. The van der Waals surface area contributed by atoms with Crippen molar-refractivity contribution in [2.24, 2.45) is 0 Å². The third-order valence-corrected chi connectivity index (χ3v) is 4.42. The van der Waals surface area contributed by atoms with E-state index in [4.69, 9.17) is 14.7 Å². The summed E-state index contributed by atoms with van der Waals surface area (Å²) >= 11 is 0. The van der Waals surface area contributed by atoms with E-state index >= 15 is 0 Å². The zero-order valence-electron chi connectivity index (χ0n) is 14.0. The molecule has 0 amide bonds. The van der Waals surface area contributed by atoms with Gasteiger partial charge in [0.25, 0.3) is 0 Å². The van der Waals surface area contributed by atoms with E-state index in [2.05, 4.69) is 26.1 Å². The molecule has 1 unspecified atom stereocenters. The molecule has 1 atom stereocenters. The van der Waals surface area contributed by atoms with E-state index in [1.807, 2.05) is 7.05 Å². The number of aromatic nitrogens is 2. The first-order chi connectivity index (χ1) is 10.1. The molecule has 0 bridgehead atoms. The highest BCUT2D eigenvalue weighted by Crippen LogP contribution is 2.33. The van der Waals surface area contributed by atoms with Crippen LogP contribution in [0.1, 0.15) is 62.8 Å². The van der Waals surface area contributed by atoms with Gasteiger partial charge in [-0.05, 0) is 64.6 Å². The molecule has 1 saturated heterocycles. The minimum Gasteiger partial charge on any atom is -0.367 e. The van der Waals surface area contributed by atoms with E-state index in [1.54, 1.807) is 0 Å². The maximum absolute atomic E-state index is 6.03. The molecule has 1 aliphatic heterocycles. The summed E-state index contributed by atoms with van der Waals surface area (Å²) in [6, 6.07) is 0. The van der Waals surface area contributed by atoms with Gasteiger partial charge >= 0.3 is 0 Å². The van der Waals surface area contributed by atoms with Crippen molar-refractivity contribution in [3.05, 3.63) is 22.8 Å². The van der Waals surface area contributed by atoms with Crippen molar-refractivity contribution < 1.29 is 4.74 Å². The fraction of sp³-hybridized carbons (Fsp3) is 0.765. The summed E-state index contributed by atoms with van der Waals surface area (Å²) < 4.78 is 6.03. The molecule has 0 aliphatic carbocycles. The molecule has 2 rings (SSSR count). The largest absolute Gasteiger partial charge is 0.367 e. The van der Waals surface area contributed by atoms with Gasteiger partial charge in [-0.2, -0.15) is 0 Å². The number of nitrogens with zero attached hydrogens (tertiary/aromatic N) is 2. The highest BCUT2D eigenvalue weighted by atomic mass is 16.5. The Bertz CT molecular complexity index is 442. The van der Waals surface area contributed by atoms with E-state index in [1.165, 1.54) is 23.4 Å². The lowest BCUT2D eigenvalue weighted by Crippen LogP contribution is -2.33. The van der Waals surface area contributed by atoms with E-state index in [-0.39, 0.29) is 5.60 Å². The van der Waals surface area contributed by atoms with Gasteiger partial charge in [-0.1, -0.05) is 13.8 Å². The first-order valence-electron chi connectivity index (χ1n) is 8.32. The Hall–Kier alpha value is -1.00. The summed E-state index contributed by atoms with van der Waals surface area (Å²) in [7, 11) is 1.99. The van der Waals surface area contributed by atoms with Crippen molar-refractivity contribution in [1.82, 2.24) is 15.3 Å². The minimum atomic E-state index is -0.298. The standard InChI is InChI=1S/C17H29N3O/c1-5-14-13(9-11-18-4)15(6-2)20-16(19-14)17(3)10-7-8-12-21-17/h18H,5-12H2,1-4H3. The highest BCUT2D eigenvalue weighted by molar-refractivity contribution is 5.28. The Morgan fingerprint density at radius 3 is 2.29 bits per heavy atom. The van der Waals surface area contributed by atoms with Crippen LogP contribution in [0.25, 0.3) is 0 Å². The first-order valence-corrected chi connectivity index (χ1v) is 8.32. The molecule has 4 nitrogen and oxygen atoms in total. The number of nitrogens with one attached hydrogen (secondary N) is 1. The third-order valence-electron chi connectivity index (χ3n) is 4.42. The van der Waals surface area contributed by atoms with Gasteiger partial charge < -0.3 is 10.1 Å². The average Bonchev–Trinajstić information content (AvgIpc) is 2.52. The molecule has 0 spiro atoms. The maximum atomic E-state index is 6.03. The Kier molecular flexibility index (Phi) is 5.71. The van der Waals surface area contributed by atoms with Crippen LogP contribution in [-0.2, 0) is 29.6 Å². The minimum absolute atomic E-state index is 0.298. The predicted octanol–water partition coefficient (Wildman–Crippen LogP) is 2.78. The van der Waals surface area contributed by atoms with Crippen LogP contribution >= 0.6 is 0 Å². The highest BCUT2D eigenvalue weighted by Gasteiger charge is 2.34. The molecule has 1 fully saturated rings. The second-order valence-corrected chi connectivity index (χ2v) is 6.02. The lowest BCUT2D eigenvalue weighted by Gasteiger charge is -2.33. The second kappa shape index (κ2) is 7.32. The summed E-state index contributed by atoms with van der Waals surface area (Å²) in [6.07, 6.45) is 6.28. The number of aryl methyl sites for hydroxylation is 2. The van der Waals surface area contributed by atoms with Crippen LogP contribution in [0.15, 0.2) is 0 Å². The lowest BCUT2D eigenvalue weighted by atomic mass is 9.94. The molecule has 4 heteroatoms. The molecule has 1 aliphatic rings. The number of likely N-dealkylation sites (N-methyl/N-ethyl adjacent to an activating group) is 1. The van der Waals surface area contributed by atoms with Crippen LogP contribution in [0.3, 0.4) is 0 Å². The van der Waals surface area contributed by atoms with Crippen LogP contribution in [0.4, 0.5) is 0 Å². The topological polar surface area (TPSA) is 47.0 Å². The number of ether oxygens (including phenoxy) is 1. The Morgan fingerprint density at radius 1 is 1.14 bits per heavy atom. The Labute approximate surface area is 128 Å². The van der Waals surface area contributed by atoms with Gasteiger partial charge in [0.05, 0.1) is 0 Å². The number of hydrogen-bond acceptors (Lipinski definition) is 4. The second-order valence-electron chi connectivity index (χ2n) is 6.02. The van der Waals surface area contributed by atoms with Crippen molar-refractivity contribution in [1.29, 1.82) is 0 Å². The van der Waals surface area contributed by atoms with Gasteiger partial charge in [0.15, 0.2) is 5.82 Å². The molecular weight excluding hydrogens is 262 g/mol. The van der Waals surface area contributed by atoms with Gasteiger partial charge in [-0.25, -0.2) is 9.97 Å². The number of rotatable bonds is 6. The van der Waals surface area contributed by atoms with Crippen molar-refractivity contribution in [3.63, 3.8) is 0 Å². The maximum Gasteiger partial charge on any atom is 0.160 e. The summed E-state index contributed by atoms with van der Waals surface area (Å²) in [5, 5.41) is 3.22. The van der Waals surface area contributed by atoms with Crippen LogP contribution in [-0.4, -0.2) is 30.2 Å². The monoisotopic (exact) mass is 291 g/mol. The van der Waals surface area contributed by atoms with Gasteiger partial charge in [0, 0.05) is 18.0 Å². The molecule has 1 N–H and O–H groups in total. The molecule has 118 valence electrons. The van der Waals surface area contributed by atoms with Gasteiger partial charge in [-0.3, -0.25) is 0 Å². The molecule has 0 radical (unpaired) electrons. The van der Waals surface area contributed by atoms with Crippen molar-refractivity contribution in [2.75, 3.05) is 20.2 Å². The van der Waals surface area contributed by atoms with E-state index in [9.17, 15) is 0 Å². The fourth-order valence-electron chi connectivity index (χ4n) is 3.05. The van der Waals surface area contributed by atoms with E-state index in [0.717, 1.165) is 51.1 Å². The van der Waals surface area contributed by atoms with Gasteiger partial charge in [-0.15, -0.1) is 0 Å². The lowest BCUT2D eigenvalue weighted by molar-refractivity contribution is -0.0763. The summed E-state index contributed by atoms with van der Waals surface area (Å²) in [6.45, 7) is 8.30. The van der Waals surface area contributed by atoms with Crippen molar-refractivity contribution in [2.45, 2.75) is 64.9 Å². The van der Waals surface area contributed by atoms with Crippen LogP contribution in [0.5, 0.6) is 0 Å². The van der Waals surface area contributed by atoms with E-state index < -0.39 is 0 Å². The normalized spacial score (nSPS) is 22.5. The van der Waals surface area contributed by atoms with Gasteiger partial charge in [0.2, 0.25) is 0 Å². The average molecular weight is 291 g/mol. The molecule has 0 saturated carbocycles. The van der Waals surface area contributed by atoms with Crippen LogP contribution in [0.2, 0.25) is 0 Å². The SMILES string of the molecule is CCc1nc(C2(C)CCCCO2)nc(CC)c1CCNC. The van der Waals surface area contributed by atoms with E-state index in [0.29, 0.717) is 0 Å². The van der Waals surface area contributed by atoms with Crippen LogP contribution < -0.4 is 5.32 Å².